The van der Waals surface area contributed by atoms with E-state index in [0.717, 1.165) is 17.0 Å². The van der Waals surface area contributed by atoms with Crippen LogP contribution < -0.4 is 15.8 Å². The summed E-state index contributed by atoms with van der Waals surface area (Å²) in [6.45, 7) is 3.60. The molecule has 8 nitrogen and oxygen atoms in total. The molecule has 1 aliphatic rings. The number of amides is 2. The van der Waals surface area contributed by atoms with Crippen molar-refractivity contribution in [1.29, 1.82) is 0 Å². The van der Waals surface area contributed by atoms with E-state index in [4.69, 9.17) is 10.5 Å². The van der Waals surface area contributed by atoms with E-state index in [1.165, 1.54) is 4.68 Å². The number of nitrogens with two attached hydrogens (primary N) is 1. The summed E-state index contributed by atoms with van der Waals surface area (Å²) in [7, 11) is 1.62. The van der Waals surface area contributed by atoms with E-state index < -0.39 is 0 Å². The van der Waals surface area contributed by atoms with Gasteiger partial charge < -0.3 is 20.7 Å². The Labute approximate surface area is 164 Å². The minimum atomic E-state index is -0.0701. The molecule has 3 rings (SSSR count). The van der Waals surface area contributed by atoms with Crippen molar-refractivity contribution in [3.63, 3.8) is 0 Å². The van der Waals surface area contributed by atoms with Gasteiger partial charge in [-0.05, 0) is 37.5 Å². The van der Waals surface area contributed by atoms with Crippen LogP contribution in [0.25, 0.3) is 0 Å². The average molecular weight is 385 g/mol. The average Bonchev–Trinajstić information content (AvgIpc) is 3.03. The molecule has 0 radical (unpaired) electrons. The number of nitrogens with zero attached hydrogens (tertiary/aromatic N) is 3. The van der Waals surface area contributed by atoms with Crippen LogP contribution in [0, 0.1) is 12.8 Å². The second-order valence-corrected chi connectivity index (χ2v) is 7.09. The minimum absolute atomic E-state index is 0.0214. The number of nitrogens with one attached hydrogen (secondary N) is 1. The summed E-state index contributed by atoms with van der Waals surface area (Å²) in [5.41, 5.74) is 7.66. The zero-order valence-electron chi connectivity index (χ0n) is 16.4. The first-order valence-corrected chi connectivity index (χ1v) is 9.44. The van der Waals surface area contributed by atoms with Crippen molar-refractivity contribution >= 4 is 17.6 Å². The normalized spacial score (nSPS) is 14.7. The summed E-state index contributed by atoms with van der Waals surface area (Å²) >= 11 is 0. The van der Waals surface area contributed by atoms with Crippen molar-refractivity contribution in [1.82, 2.24) is 20.0 Å². The van der Waals surface area contributed by atoms with Crippen LogP contribution in [0.15, 0.2) is 30.3 Å². The van der Waals surface area contributed by atoms with Gasteiger partial charge in [-0.2, -0.15) is 5.10 Å². The van der Waals surface area contributed by atoms with E-state index >= 15 is 0 Å². The Morgan fingerprint density at radius 2 is 1.93 bits per heavy atom. The molecule has 8 heteroatoms. The van der Waals surface area contributed by atoms with Gasteiger partial charge in [0.05, 0.1) is 12.8 Å². The number of carbonyl (C=O) groups excluding carboxylic acids is 2. The Morgan fingerprint density at radius 1 is 1.25 bits per heavy atom. The van der Waals surface area contributed by atoms with Gasteiger partial charge in [0.15, 0.2) is 0 Å². The monoisotopic (exact) mass is 385 g/mol. The molecule has 2 heterocycles. The number of benzene rings is 1. The number of aromatic nitrogens is 2. The molecule has 28 heavy (non-hydrogen) atoms. The Balaban J connectivity index is 1.44. The van der Waals surface area contributed by atoms with E-state index in [1.54, 1.807) is 18.1 Å². The number of ether oxygens (including phenoxy) is 1. The van der Waals surface area contributed by atoms with Crippen LogP contribution in [0.5, 0.6) is 5.75 Å². The number of carbonyl (C=O) groups is 2. The van der Waals surface area contributed by atoms with Gasteiger partial charge in [-0.3, -0.25) is 9.59 Å². The highest BCUT2D eigenvalue weighted by Gasteiger charge is 2.27. The van der Waals surface area contributed by atoms with E-state index in [0.29, 0.717) is 38.3 Å². The molecule has 0 unspecified atom stereocenters. The number of hydrogen-bond acceptors (Lipinski definition) is 5. The molecular formula is C20H27N5O3. The minimum Gasteiger partial charge on any atom is -0.497 e. The quantitative estimate of drug-likeness (QED) is 0.781. The van der Waals surface area contributed by atoms with Crippen LogP contribution >= 0.6 is 0 Å². The number of anilines is 1. The molecule has 1 aromatic carbocycles. The summed E-state index contributed by atoms with van der Waals surface area (Å²) in [5, 5.41) is 7.21. The zero-order chi connectivity index (χ0) is 20.1. The number of piperidine rings is 1. The largest absolute Gasteiger partial charge is 0.497 e. The molecule has 150 valence electrons. The number of hydrogen-bond donors (Lipinski definition) is 2. The maximum Gasteiger partial charge on any atom is 0.244 e. The van der Waals surface area contributed by atoms with Crippen LogP contribution in [-0.2, 0) is 22.7 Å². The van der Waals surface area contributed by atoms with Gasteiger partial charge in [0.1, 0.15) is 18.1 Å². The third-order valence-corrected chi connectivity index (χ3v) is 5.06. The van der Waals surface area contributed by atoms with Gasteiger partial charge in [0, 0.05) is 31.6 Å². The fourth-order valence-electron chi connectivity index (χ4n) is 3.39. The van der Waals surface area contributed by atoms with Gasteiger partial charge in [-0.1, -0.05) is 12.1 Å². The zero-order valence-corrected chi connectivity index (χ0v) is 16.4. The van der Waals surface area contributed by atoms with E-state index in [1.807, 2.05) is 31.2 Å². The molecule has 1 fully saturated rings. The highest BCUT2D eigenvalue weighted by molar-refractivity contribution is 5.80. The maximum absolute atomic E-state index is 12.5. The molecule has 0 saturated carbocycles. The Bertz CT molecular complexity index is 823. The van der Waals surface area contributed by atoms with Gasteiger partial charge in [0.2, 0.25) is 11.8 Å². The highest BCUT2D eigenvalue weighted by atomic mass is 16.5. The molecule has 1 aromatic heterocycles. The fourth-order valence-corrected chi connectivity index (χ4v) is 3.39. The lowest BCUT2D eigenvalue weighted by molar-refractivity contribution is -0.136. The first-order valence-electron chi connectivity index (χ1n) is 9.44. The summed E-state index contributed by atoms with van der Waals surface area (Å²) in [6.07, 6.45) is 1.32. The van der Waals surface area contributed by atoms with Crippen molar-refractivity contribution in [2.45, 2.75) is 32.9 Å². The van der Waals surface area contributed by atoms with Gasteiger partial charge >= 0.3 is 0 Å². The first kappa shape index (κ1) is 19.7. The smallest absolute Gasteiger partial charge is 0.244 e. The van der Waals surface area contributed by atoms with Crippen LogP contribution in [-0.4, -0.2) is 46.7 Å². The molecule has 1 aliphatic heterocycles. The number of nitrogen functional groups attached to an aromatic ring is 1. The number of aryl methyl sites for hydroxylation is 1. The Hall–Kier alpha value is -3.03. The molecule has 1 saturated heterocycles. The number of likely N-dealkylation sites (tertiary alicyclic amines) is 1. The van der Waals surface area contributed by atoms with Crippen LogP contribution in [0.2, 0.25) is 0 Å². The van der Waals surface area contributed by atoms with Crippen molar-refractivity contribution in [2.75, 3.05) is 25.9 Å². The van der Waals surface area contributed by atoms with E-state index in [9.17, 15) is 9.59 Å². The van der Waals surface area contributed by atoms with Crippen molar-refractivity contribution in [2.24, 2.45) is 5.92 Å². The van der Waals surface area contributed by atoms with E-state index in [2.05, 4.69) is 10.4 Å². The van der Waals surface area contributed by atoms with Gasteiger partial charge in [-0.15, -0.1) is 0 Å². The second kappa shape index (κ2) is 8.77. The van der Waals surface area contributed by atoms with Crippen molar-refractivity contribution in [3.8, 4) is 5.75 Å². The van der Waals surface area contributed by atoms with Gasteiger partial charge in [-0.25, -0.2) is 4.68 Å². The third-order valence-electron chi connectivity index (χ3n) is 5.06. The van der Waals surface area contributed by atoms with Crippen LogP contribution in [0.3, 0.4) is 0 Å². The lowest BCUT2D eigenvalue weighted by atomic mass is 9.95. The third kappa shape index (κ3) is 4.82. The second-order valence-electron chi connectivity index (χ2n) is 7.09. The molecule has 0 aliphatic carbocycles. The molecule has 3 N–H and O–H groups in total. The number of methoxy groups -OCH3 is 1. The molecule has 0 spiro atoms. The predicted octanol–water partition coefficient (Wildman–Crippen LogP) is 1.34. The Kier molecular flexibility index (Phi) is 6.18. The topological polar surface area (TPSA) is 102 Å². The van der Waals surface area contributed by atoms with Gasteiger partial charge in [0.25, 0.3) is 0 Å². The summed E-state index contributed by atoms with van der Waals surface area (Å²) in [4.78, 5) is 26.7. The van der Waals surface area contributed by atoms with Crippen molar-refractivity contribution in [3.05, 3.63) is 41.6 Å². The number of rotatable bonds is 6. The molecule has 0 bridgehead atoms. The summed E-state index contributed by atoms with van der Waals surface area (Å²) < 4.78 is 6.65. The standard InChI is InChI=1S/C20H27N5O3/c1-14-11-18(21)25(23-14)13-19(26)24-9-7-16(8-10-24)20(27)22-12-15-3-5-17(28-2)6-4-15/h3-6,11,16H,7-10,12-13,21H2,1-2H3,(H,22,27). The SMILES string of the molecule is COc1ccc(CNC(=O)C2CCN(C(=O)Cn3nc(C)cc3N)CC2)cc1. The molecule has 0 atom stereocenters. The predicted molar refractivity (Wildman–Crippen MR) is 106 cm³/mol. The lowest BCUT2D eigenvalue weighted by Crippen LogP contribution is -2.44. The molecular weight excluding hydrogens is 358 g/mol. The summed E-state index contributed by atoms with van der Waals surface area (Å²) in [5.74, 6) is 1.22. The first-order chi connectivity index (χ1) is 13.5. The fraction of sp³-hybridized carbons (Fsp3) is 0.450. The Morgan fingerprint density at radius 3 is 2.50 bits per heavy atom. The van der Waals surface area contributed by atoms with Crippen molar-refractivity contribution < 1.29 is 14.3 Å². The molecule has 2 aromatic rings. The summed E-state index contributed by atoms with van der Waals surface area (Å²) in [6, 6.07) is 9.36. The van der Waals surface area contributed by atoms with E-state index in [-0.39, 0.29) is 24.3 Å². The highest BCUT2D eigenvalue weighted by Crippen LogP contribution is 2.19. The maximum atomic E-state index is 12.5. The van der Waals surface area contributed by atoms with Crippen LogP contribution in [0.4, 0.5) is 5.82 Å². The molecule has 2 amide bonds. The van der Waals surface area contributed by atoms with Crippen LogP contribution in [0.1, 0.15) is 24.1 Å². The lowest BCUT2D eigenvalue weighted by Gasteiger charge is -2.31.